The molecule has 5 nitrogen and oxygen atoms in total. The zero-order chi connectivity index (χ0) is 29.5. The summed E-state index contributed by atoms with van der Waals surface area (Å²) in [6.45, 7) is 14.4. The molecule has 40 heavy (non-hydrogen) atoms. The second-order valence-electron chi connectivity index (χ2n) is 12.6. The molecule has 0 N–H and O–H groups in total. The number of esters is 2. The second kappa shape index (κ2) is 16.7. The zero-order valence-corrected chi connectivity index (χ0v) is 26.8. The number of carbonyl (C=O) groups excluding carboxylic acids is 2. The van der Waals surface area contributed by atoms with Crippen LogP contribution in [-0.4, -0.2) is 40.1 Å². The summed E-state index contributed by atoms with van der Waals surface area (Å²) in [5.41, 5.74) is -0.357. The summed E-state index contributed by atoms with van der Waals surface area (Å²) in [6.07, 6.45) is 7.55. The fourth-order valence-electron chi connectivity index (χ4n) is 4.96. The Kier molecular flexibility index (Phi) is 14.1. The van der Waals surface area contributed by atoms with Crippen LogP contribution in [0.4, 0.5) is 0 Å². The van der Waals surface area contributed by atoms with Gasteiger partial charge in [-0.1, -0.05) is 128 Å². The number of carbonyl (C=O) groups is 2. The van der Waals surface area contributed by atoms with Crippen molar-refractivity contribution < 1.29 is 23.5 Å². The summed E-state index contributed by atoms with van der Waals surface area (Å²) >= 11 is 0. The molecule has 0 saturated carbocycles. The van der Waals surface area contributed by atoms with Gasteiger partial charge in [0, 0.05) is 24.9 Å². The van der Waals surface area contributed by atoms with Crippen LogP contribution in [0.25, 0.3) is 0 Å². The van der Waals surface area contributed by atoms with Crippen molar-refractivity contribution in [2.45, 2.75) is 104 Å². The van der Waals surface area contributed by atoms with E-state index in [1.807, 2.05) is 12.1 Å². The lowest BCUT2D eigenvalue weighted by molar-refractivity contribution is -0.148. The third-order valence-corrected chi connectivity index (χ3v) is 12.2. The molecule has 0 radical (unpaired) electrons. The Morgan fingerprint density at radius 3 is 1.65 bits per heavy atom. The molecule has 0 atom stereocenters. The van der Waals surface area contributed by atoms with Gasteiger partial charge in [0.15, 0.2) is 0 Å². The number of unbranched alkanes of at least 4 members (excludes halogenated alkanes) is 5. The van der Waals surface area contributed by atoms with Crippen molar-refractivity contribution in [1.29, 1.82) is 0 Å². The molecule has 0 aliphatic heterocycles. The maximum absolute atomic E-state index is 12.5. The first-order valence-corrected chi connectivity index (χ1v) is 17.0. The van der Waals surface area contributed by atoms with Gasteiger partial charge < -0.3 is 13.9 Å². The van der Waals surface area contributed by atoms with E-state index in [2.05, 4.69) is 90.1 Å². The average Bonchev–Trinajstić information content (AvgIpc) is 2.93. The number of hydrogen-bond donors (Lipinski definition) is 0. The Labute approximate surface area is 244 Å². The van der Waals surface area contributed by atoms with Crippen molar-refractivity contribution >= 4 is 30.6 Å². The minimum Gasteiger partial charge on any atom is -0.466 e. The van der Waals surface area contributed by atoms with E-state index < -0.39 is 8.32 Å². The normalized spacial score (nSPS) is 12.2. The fourth-order valence-corrected chi connectivity index (χ4v) is 9.72. The molecule has 0 fully saturated rings. The van der Waals surface area contributed by atoms with E-state index in [9.17, 15) is 9.59 Å². The SMILES string of the molecule is CCCCCCCOC(=O)CCCCC(=O)OCC(C)(C)CO[Si](c1ccccc1)(c1ccccc1)C(C)(C)C. The van der Waals surface area contributed by atoms with Gasteiger partial charge in [-0.2, -0.15) is 0 Å². The van der Waals surface area contributed by atoms with Crippen molar-refractivity contribution in [3.05, 3.63) is 60.7 Å². The van der Waals surface area contributed by atoms with Crippen molar-refractivity contribution in [1.82, 2.24) is 0 Å². The van der Waals surface area contributed by atoms with E-state index in [1.54, 1.807) is 0 Å². The molecule has 2 rings (SSSR count). The summed E-state index contributed by atoms with van der Waals surface area (Å²) in [5, 5.41) is 2.35. The molecular formula is C34H52O5Si. The quantitative estimate of drug-likeness (QED) is 0.108. The van der Waals surface area contributed by atoms with Crippen molar-refractivity contribution in [3.63, 3.8) is 0 Å². The van der Waals surface area contributed by atoms with E-state index in [-0.39, 0.29) is 29.0 Å². The highest BCUT2D eigenvalue weighted by molar-refractivity contribution is 6.99. The first kappa shape index (κ1) is 33.8. The number of rotatable bonds is 18. The predicted octanol–water partition coefficient (Wildman–Crippen LogP) is 7.21. The maximum Gasteiger partial charge on any atom is 0.305 e. The largest absolute Gasteiger partial charge is 0.466 e. The molecule has 0 bridgehead atoms. The topological polar surface area (TPSA) is 61.8 Å². The Hall–Kier alpha value is -2.44. The van der Waals surface area contributed by atoms with Crippen LogP contribution in [-0.2, 0) is 23.5 Å². The summed E-state index contributed by atoms with van der Waals surface area (Å²) in [7, 11) is -2.65. The van der Waals surface area contributed by atoms with Gasteiger partial charge in [0.25, 0.3) is 8.32 Å². The molecule has 2 aromatic carbocycles. The smallest absolute Gasteiger partial charge is 0.305 e. The second-order valence-corrected chi connectivity index (χ2v) is 16.9. The highest BCUT2D eigenvalue weighted by Crippen LogP contribution is 2.37. The fraction of sp³-hybridized carbons (Fsp3) is 0.588. The Balaban J connectivity index is 1.86. The van der Waals surface area contributed by atoms with Gasteiger partial charge in [-0.15, -0.1) is 0 Å². The molecule has 0 amide bonds. The van der Waals surface area contributed by atoms with Gasteiger partial charge in [0.2, 0.25) is 0 Å². The Bertz CT molecular complexity index is 958. The van der Waals surface area contributed by atoms with Gasteiger partial charge in [-0.25, -0.2) is 0 Å². The van der Waals surface area contributed by atoms with Crippen molar-refractivity contribution in [2.24, 2.45) is 5.41 Å². The molecule has 0 spiro atoms. The zero-order valence-electron chi connectivity index (χ0n) is 25.8. The molecular weight excluding hydrogens is 516 g/mol. The lowest BCUT2D eigenvalue weighted by Crippen LogP contribution is -2.67. The average molecular weight is 569 g/mol. The van der Waals surface area contributed by atoms with E-state index >= 15 is 0 Å². The number of ether oxygens (including phenoxy) is 2. The minimum absolute atomic E-state index is 0.112. The van der Waals surface area contributed by atoms with Crippen molar-refractivity contribution in [2.75, 3.05) is 19.8 Å². The van der Waals surface area contributed by atoms with Gasteiger partial charge >= 0.3 is 11.9 Å². The van der Waals surface area contributed by atoms with Crippen LogP contribution in [0.1, 0.15) is 99.3 Å². The third-order valence-electron chi connectivity index (χ3n) is 7.24. The number of hydrogen-bond acceptors (Lipinski definition) is 5. The Morgan fingerprint density at radius 2 is 1.15 bits per heavy atom. The van der Waals surface area contributed by atoms with Crippen LogP contribution in [0.5, 0.6) is 0 Å². The summed E-state index contributed by atoms with van der Waals surface area (Å²) in [4.78, 5) is 24.4. The molecule has 0 aromatic heterocycles. The lowest BCUT2D eigenvalue weighted by atomic mass is 9.96. The van der Waals surface area contributed by atoms with Gasteiger partial charge in [0.05, 0.1) is 13.2 Å². The summed E-state index contributed by atoms with van der Waals surface area (Å²) in [5.74, 6) is -0.409. The van der Waals surface area contributed by atoms with Crippen LogP contribution in [0.15, 0.2) is 60.7 Å². The van der Waals surface area contributed by atoms with Gasteiger partial charge in [-0.3, -0.25) is 9.59 Å². The monoisotopic (exact) mass is 568 g/mol. The lowest BCUT2D eigenvalue weighted by Gasteiger charge is -2.44. The van der Waals surface area contributed by atoms with Gasteiger partial charge in [0.1, 0.15) is 0 Å². The first-order valence-electron chi connectivity index (χ1n) is 15.1. The molecule has 222 valence electrons. The molecule has 0 heterocycles. The third kappa shape index (κ3) is 10.9. The van der Waals surface area contributed by atoms with Crippen LogP contribution < -0.4 is 10.4 Å². The molecule has 0 unspecified atom stereocenters. The van der Waals surface area contributed by atoms with Crippen LogP contribution in [0.3, 0.4) is 0 Å². The predicted molar refractivity (Wildman–Crippen MR) is 166 cm³/mol. The highest BCUT2D eigenvalue weighted by atomic mass is 28.4. The number of benzene rings is 2. The van der Waals surface area contributed by atoms with Crippen LogP contribution in [0, 0.1) is 5.41 Å². The van der Waals surface area contributed by atoms with E-state index in [1.165, 1.54) is 29.6 Å². The summed E-state index contributed by atoms with van der Waals surface area (Å²) < 4.78 is 18.0. The first-order chi connectivity index (χ1) is 19.0. The molecule has 0 aliphatic carbocycles. The van der Waals surface area contributed by atoms with Crippen molar-refractivity contribution in [3.8, 4) is 0 Å². The van der Waals surface area contributed by atoms with E-state index in [4.69, 9.17) is 13.9 Å². The van der Waals surface area contributed by atoms with Gasteiger partial charge in [-0.05, 0) is 34.7 Å². The maximum atomic E-state index is 12.5. The van der Waals surface area contributed by atoms with Crippen LogP contribution in [0.2, 0.25) is 5.04 Å². The summed E-state index contributed by atoms with van der Waals surface area (Å²) in [6, 6.07) is 21.1. The minimum atomic E-state index is -2.65. The molecule has 6 heteroatoms. The molecule has 0 saturated heterocycles. The van der Waals surface area contributed by atoms with E-state index in [0.29, 0.717) is 38.9 Å². The Morgan fingerprint density at radius 1 is 0.650 bits per heavy atom. The molecule has 2 aromatic rings. The standard InChI is InChI=1S/C34H52O5Si/c1-7-8-9-10-19-26-37-31(35)24-17-18-25-32(36)38-27-34(5,6)28-39-40(33(2,3)4,29-20-13-11-14-21-29)30-22-15-12-16-23-30/h11-16,20-23H,7-10,17-19,24-28H2,1-6H3. The van der Waals surface area contributed by atoms with E-state index in [0.717, 1.165) is 12.8 Å². The highest BCUT2D eigenvalue weighted by Gasteiger charge is 2.50. The molecule has 0 aliphatic rings. The van der Waals surface area contributed by atoms with Crippen LogP contribution >= 0.6 is 0 Å².